The van der Waals surface area contributed by atoms with Crippen molar-refractivity contribution >= 4 is 39.3 Å². The Morgan fingerprint density at radius 3 is 2.31 bits per heavy atom. The molecule has 1 atom stereocenters. The number of amides is 2. The molecule has 8 nitrogen and oxygen atoms in total. The van der Waals surface area contributed by atoms with Gasteiger partial charge in [0.05, 0.1) is 5.69 Å². The highest BCUT2D eigenvalue weighted by Gasteiger charge is 2.34. The molecule has 1 saturated carbocycles. The Bertz CT molecular complexity index is 1190. The second kappa shape index (κ2) is 12.0. The van der Waals surface area contributed by atoms with E-state index in [9.17, 15) is 22.4 Å². The number of hydrogen-bond donors (Lipinski definition) is 1. The van der Waals surface area contributed by atoms with E-state index in [1.54, 1.807) is 31.2 Å². The number of rotatable bonds is 10. The van der Waals surface area contributed by atoms with Gasteiger partial charge in [0, 0.05) is 31.7 Å². The number of carbonyl (C=O) groups excluding carboxylic acids is 2. The van der Waals surface area contributed by atoms with E-state index in [1.165, 1.54) is 37.2 Å². The molecule has 1 aliphatic rings. The van der Waals surface area contributed by atoms with E-state index in [0.717, 1.165) is 36.1 Å². The highest BCUT2D eigenvalue weighted by Crippen LogP contribution is 2.25. The number of benzene rings is 2. The van der Waals surface area contributed by atoms with Crippen molar-refractivity contribution in [3.63, 3.8) is 0 Å². The molecular formula is C25H32ClFN4O4S. The lowest BCUT2D eigenvalue weighted by atomic mass is 10.1. The molecule has 0 unspecified atom stereocenters. The van der Waals surface area contributed by atoms with Crippen molar-refractivity contribution in [3.05, 3.63) is 64.9 Å². The maximum atomic E-state index is 14.7. The zero-order valence-corrected chi connectivity index (χ0v) is 22.2. The monoisotopic (exact) mass is 538 g/mol. The quantitative estimate of drug-likeness (QED) is 0.501. The van der Waals surface area contributed by atoms with Gasteiger partial charge in [-0.2, -0.15) is 12.7 Å². The molecule has 0 saturated heterocycles. The van der Waals surface area contributed by atoms with Gasteiger partial charge in [0.1, 0.15) is 18.4 Å². The summed E-state index contributed by atoms with van der Waals surface area (Å²) in [4.78, 5) is 28.0. The molecular weight excluding hydrogens is 507 g/mol. The first-order chi connectivity index (χ1) is 17.0. The predicted molar refractivity (Wildman–Crippen MR) is 138 cm³/mol. The maximum absolute atomic E-state index is 14.7. The SMILES string of the molecule is C[C@H](C(=O)NC1CCCC1)N(Cc1ccccc1Cl)C(=O)CN(c1ccccc1F)S(=O)(=O)N(C)C. The standard InChI is InChI=1S/C25H32ClFN4O4S/c1-18(25(33)28-20-11-5-6-12-20)30(16-19-10-4-7-13-21(19)26)24(32)17-31(36(34,35)29(2)3)23-15-9-8-14-22(23)27/h4,7-10,13-15,18,20H,5-6,11-12,16-17H2,1-3H3,(H,28,33)/t18-/m1/s1. The smallest absolute Gasteiger partial charge is 0.304 e. The average Bonchev–Trinajstić information content (AvgIpc) is 3.35. The Balaban J connectivity index is 1.95. The lowest BCUT2D eigenvalue weighted by Crippen LogP contribution is -2.53. The average molecular weight is 539 g/mol. The van der Waals surface area contributed by atoms with Crippen LogP contribution in [0.25, 0.3) is 0 Å². The third-order valence-corrected chi connectivity index (χ3v) is 8.48. The number of halogens is 2. The molecule has 0 aliphatic heterocycles. The van der Waals surface area contributed by atoms with Gasteiger partial charge in [-0.1, -0.05) is 54.8 Å². The van der Waals surface area contributed by atoms with E-state index < -0.39 is 34.5 Å². The summed E-state index contributed by atoms with van der Waals surface area (Å²) >= 11 is 6.33. The molecule has 1 fully saturated rings. The first kappa shape index (κ1) is 27.9. The van der Waals surface area contributed by atoms with Crippen LogP contribution in [0.1, 0.15) is 38.2 Å². The molecule has 2 amide bonds. The van der Waals surface area contributed by atoms with Gasteiger partial charge in [-0.25, -0.2) is 8.70 Å². The van der Waals surface area contributed by atoms with Crippen molar-refractivity contribution in [2.45, 2.75) is 51.2 Å². The molecule has 0 radical (unpaired) electrons. The third kappa shape index (κ3) is 6.54. The number of hydrogen-bond acceptors (Lipinski definition) is 4. The molecule has 2 aromatic rings. The number of nitrogens with zero attached hydrogens (tertiary/aromatic N) is 3. The zero-order chi connectivity index (χ0) is 26.5. The van der Waals surface area contributed by atoms with E-state index in [0.29, 0.717) is 14.9 Å². The normalized spacial score (nSPS) is 15.1. The van der Waals surface area contributed by atoms with Gasteiger partial charge in [-0.3, -0.25) is 9.59 Å². The lowest BCUT2D eigenvalue weighted by molar-refractivity contribution is -0.139. The van der Waals surface area contributed by atoms with Crippen LogP contribution in [0.2, 0.25) is 5.02 Å². The minimum atomic E-state index is -4.24. The first-order valence-electron chi connectivity index (χ1n) is 11.8. The Hall–Kier alpha value is -2.69. The summed E-state index contributed by atoms with van der Waals surface area (Å²) in [5.41, 5.74) is 0.334. The number of carbonyl (C=O) groups is 2. The lowest BCUT2D eigenvalue weighted by Gasteiger charge is -2.33. The van der Waals surface area contributed by atoms with Gasteiger partial charge in [0.15, 0.2) is 0 Å². The van der Waals surface area contributed by atoms with Crippen LogP contribution in [0.4, 0.5) is 10.1 Å². The fourth-order valence-electron chi connectivity index (χ4n) is 4.14. The zero-order valence-electron chi connectivity index (χ0n) is 20.7. The molecule has 1 aliphatic carbocycles. The molecule has 0 heterocycles. The van der Waals surface area contributed by atoms with Gasteiger partial charge in [0.2, 0.25) is 11.8 Å². The van der Waals surface area contributed by atoms with Gasteiger partial charge >= 0.3 is 10.2 Å². The number of anilines is 1. The summed E-state index contributed by atoms with van der Waals surface area (Å²) < 4.78 is 42.5. The largest absolute Gasteiger partial charge is 0.352 e. The van der Waals surface area contributed by atoms with Crippen LogP contribution < -0.4 is 9.62 Å². The fraction of sp³-hybridized carbons (Fsp3) is 0.440. The highest BCUT2D eigenvalue weighted by molar-refractivity contribution is 7.90. The number of nitrogens with one attached hydrogen (secondary N) is 1. The van der Waals surface area contributed by atoms with Crippen molar-refractivity contribution in [3.8, 4) is 0 Å². The van der Waals surface area contributed by atoms with Crippen molar-refractivity contribution in [1.82, 2.24) is 14.5 Å². The highest BCUT2D eigenvalue weighted by atomic mass is 35.5. The second-order valence-corrected chi connectivity index (χ2v) is 11.5. The summed E-state index contributed by atoms with van der Waals surface area (Å²) in [5, 5.41) is 3.40. The van der Waals surface area contributed by atoms with Crippen LogP contribution >= 0.6 is 11.6 Å². The molecule has 11 heteroatoms. The molecule has 0 bridgehead atoms. The van der Waals surface area contributed by atoms with E-state index in [1.807, 2.05) is 0 Å². The van der Waals surface area contributed by atoms with E-state index in [2.05, 4.69) is 5.32 Å². The second-order valence-electron chi connectivity index (χ2n) is 9.03. The minimum absolute atomic E-state index is 0.0229. The fourth-order valence-corrected chi connectivity index (χ4v) is 5.40. The predicted octanol–water partition coefficient (Wildman–Crippen LogP) is 3.57. The minimum Gasteiger partial charge on any atom is -0.352 e. The summed E-state index contributed by atoms with van der Waals surface area (Å²) in [6.45, 7) is 0.866. The summed E-state index contributed by atoms with van der Waals surface area (Å²) in [6, 6.07) is 11.4. The van der Waals surface area contributed by atoms with Crippen LogP contribution in [-0.4, -0.2) is 62.2 Å². The van der Waals surface area contributed by atoms with Crippen molar-refractivity contribution in [2.75, 3.05) is 24.9 Å². The van der Waals surface area contributed by atoms with Gasteiger partial charge in [-0.05, 0) is 43.5 Å². The maximum Gasteiger partial charge on any atom is 0.304 e. The Morgan fingerprint density at radius 2 is 1.69 bits per heavy atom. The van der Waals surface area contributed by atoms with E-state index >= 15 is 0 Å². The Kier molecular flexibility index (Phi) is 9.32. The first-order valence-corrected chi connectivity index (χ1v) is 13.6. The van der Waals surface area contributed by atoms with Crippen LogP contribution in [0.5, 0.6) is 0 Å². The molecule has 3 rings (SSSR count). The third-order valence-electron chi connectivity index (χ3n) is 6.31. The Morgan fingerprint density at radius 1 is 1.08 bits per heavy atom. The topological polar surface area (TPSA) is 90.0 Å². The molecule has 0 aromatic heterocycles. The van der Waals surface area contributed by atoms with Gasteiger partial charge < -0.3 is 10.2 Å². The molecule has 196 valence electrons. The number of para-hydroxylation sites is 1. The summed E-state index contributed by atoms with van der Waals surface area (Å²) in [6.07, 6.45) is 3.81. The summed E-state index contributed by atoms with van der Waals surface area (Å²) in [5.74, 6) is -1.80. The van der Waals surface area contributed by atoms with Crippen LogP contribution in [0.3, 0.4) is 0 Å². The van der Waals surface area contributed by atoms with Crippen LogP contribution in [-0.2, 0) is 26.3 Å². The van der Waals surface area contributed by atoms with Crippen LogP contribution in [0, 0.1) is 5.82 Å². The van der Waals surface area contributed by atoms with Gasteiger partial charge in [-0.15, -0.1) is 0 Å². The molecule has 1 N–H and O–H groups in total. The summed E-state index contributed by atoms with van der Waals surface area (Å²) in [7, 11) is -1.64. The van der Waals surface area contributed by atoms with Crippen molar-refractivity contribution < 1.29 is 22.4 Å². The van der Waals surface area contributed by atoms with Crippen LogP contribution in [0.15, 0.2) is 48.5 Å². The molecule has 36 heavy (non-hydrogen) atoms. The molecule has 2 aromatic carbocycles. The molecule has 0 spiro atoms. The van der Waals surface area contributed by atoms with Crippen molar-refractivity contribution in [1.29, 1.82) is 0 Å². The van der Waals surface area contributed by atoms with Crippen molar-refractivity contribution in [2.24, 2.45) is 0 Å². The van der Waals surface area contributed by atoms with E-state index in [-0.39, 0.29) is 24.2 Å². The van der Waals surface area contributed by atoms with E-state index in [4.69, 9.17) is 11.6 Å². The Labute approximate surface area is 217 Å². The van der Waals surface area contributed by atoms with Gasteiger partial charge in [0.25, 0.3) is 0 Å².